The number of nitrogens with one attached hydrogen (secondary N) is 1. The molecular weight excluding hydrogens is 284 g/mol. The van der Waals surface area contributed by atoms with E-state index in [9.17, 15) is 9.90 Å². The number of para-hydroxylation sites is 2. The van der Waals surface area contributed by atoms with Crippen LogP contribution in [0.4, 0.5) is 5.69 Å². The number of benzene rings is 2. The Bertz CT molecular complexity index is 741. The molecule has 0 unspecified atom stereocenters. The van der Waals surface area contributed by atoms with Crippen molar-refractivity contribution in [2.75, 3.05) is 4.90 Å². The number of aromatic hydroxyl groups is 1. The number of amides is 1. The van der Waals surface area contributed by atoms with E-state index in [0.29, 0.717) is 16.2 Å². The molecule has 0 atom stereocenters. The first-order valence-electron chi connectivity index (χ1n) is 6.32. The van der Waals surface area contributed by atoms with Crippen molar-refractivity contribution in [2.45, 2.75) is 0 Å². The number of phenolic OH excluding ortho intramolecular Hbond substituents is 1. The lowest BCUT2D eigenvalue weighted by Crippen LogP contribution is -2.27. The highest BCUT2D eigenvalue weighted by Crippen LogP contribution is 2.35. The zero-order valence-corrected chi connectivity index (χ0v) is 11.8. The van der Waals surface area contributed by atoms with Gasteiger partial charge < -0.3 is 5.11 Å². The van der Waals surface area contributed by atoms with Crippen molar-refractivity contribution in [1.29, 1.82) is 5.41 Å². The fourth-order valence-corrected chi connectivity index (χ4v) is 2.90. The number of phenols is 1. The van der Waals surface area contributed by atoms with Crippen molar-refractivity contribution >= 4 is 34.6 Å². The molecule has 21 heavy (non-hydrogen) atoms. The van der Waals surface area contributed by atoms with E-state index in [2.05, 4.69) is 0 Å². The monoisotopic (exact) mass is 296 g/mol. The minimum Gasteiger partial charge on any atom is -0.507 e. The molecule has 2 aromatic rings. The van der Waals surface area contributed by atoms with E-state index < -0.39 is 0 Å². The number of amidine groups is 1. The molecule has 0 aliphatic carbocycles. The summed E-state index contributed by atoms with van der Waals surface area (Å²) in [5, 5.41) is 17.9. The molecule has 0 saturated carbocycles. The highest BCUT2D eigenvalue weighted by Gasteiger charge is 2.33. The number of carbonyl (C=O) groups excluding carboxylic acids is 1. The number of hydrogen-bond acceptors (Lipinski definition) is 4. The van der Waals surface area contributed by atoms with Gasteiger partial charge >= 0.3 is 0 Å². The molecule has 1 amide bonds. The van der Waals surface area contributed by atoms with Crippen LogP contribution in [0.3, 0.4) is 0 Å². The van der Waals surface area contributed by atoms with E-state index in [4.69, 9.17) is 5.41 Å². The average Bonchev–Trinajstić information content (AvgIpc) is 2.77. The summed E-state index contributed by atoms with van der Waals surface area (Å²) in [5.41, 5.74) is 1.23. The molecule has 1 aliphatic heterocycles. The third-order valence-electron chi connectivity index (χ3n) is 3.06. The molecule has 3 rings (SSSR count). The van der Waals surface area contributed by atoms with Crippen molar-refractivity contribution in [3.63, 3.8) is 0 Å². The average molecular weight is 296 g/mol. The predicted molar refractivity (Wildman–Crippen MR) is 85.3 cm³/mol. The lowest BCUT2D eigenvalue weighted by molar-refractivity contribution is -0.113. The van der Waals surface area contributed by atoms with E-state index >= 15 is 0 Å². The molecule has 1 saturated heterocycles. The Balaban J connectivity index is 1.96. The molecule has 0 radical (unpaired) electrons. The van der Waals surface area contributed by atoms with Crippen LogP contribution in [0.1, 0.15) is 5.56 Å². The maximum Gasteiger partial charge on any atom is 0.271 e. The van der Waals surface area contributed by atoms with E-state index in [0.717, 1.165) is 11.8 Å². The van der Waals surface area contributed by atoms with E-state index in [1.807, 2.05) is 18.2 Å². The predicted octanol–water partition coefficient (Wildman–Crippen LogP) is 3.45. The van der Waals surface area contributed by atoms with Crippen LogP contribution in [0.5, 0.6) is 5.75 Å². The van der Waals surface area contributed by atoms with Gasteiger partial charge in [0.1, 0.15) is 5.75 Å². The molecule has 0 bridgehead atoms. The number of carbonyl (C=O) groups is 1. The summed E-state index contributed by atoms with van der Waals surface area (Å²) in [6, 6.07) is 15.9. The largest absolute Gasteiger partial charge is 0.507 e. The summed E-state index contributed by atoms with van der Waals surface area (Å²) in [5.74, 6) is -0.137. The second kappa shape index (κ2) is 5.46. The van der Waals surface area contributed by atoms with E-state index in [1.54, 1.807) is 42.5 Å². The van der Waals surface area contributed by atoms with Crippen LogP contribution >= 0.6 is 11.8 Å². The fraction of sp³-hybridized carbons (Fsp3) is 0. The maximum atomic E-state index is 12.4. The zero-order chi connectivity index (χ0) is 14.8. The van der Waals surface area contributed by atoms with Crippen LogP contribution in [-0.2, 0) is 4.79 Å². The van der Waals surface area contributed by atoms with Gasteiger partial charge in [-0.05, 0) is 36.0 Å². The number of rotatable bonds is 2. The Morgan fingerprint density at radius 2 is 1.71 bits per heavy atom. The lowest BCUT2D eigenvalue weighted by atomic mass is 10.2. The Labute approximate surface area is 126 Å². The number of nitrogens with zero attached hydrogens (tertiary/aromatic N) is 1. The van der Waals surface area contributed by atoms with Crippen LogP contribution in [0.15, 0.2) is 59.5 Å². The molecule has 0 spiro atoms. The van der Waals surface area contributed by atoms with Crippen LogP contribution in [0.2, 0.25) is 0 Å². The Morgan fingerprint density at radius 1 is 1.05 bits per heavy atom. The molecule has 5 heteroatoms. The SMILES string of the molecule is N=C1S/C(=C\c2ccccc2O)C(=O)N1c1ccccc1. The molecular formula is C16H12N2O2S. The smallest absolute Gasteiger partial charge is 0.271 e. The maximum absolute atomic E-state index is 12.4. The summed E-state index contributed by atoms with van der Waals surface area (Å²) in [6.45, 7) is 0. The standard InChI is InChI=1S/C16H12N2O2S/c17-16-18(12-7-2-1-3-8-12)15(20)14(21-16)10-11-6-4-5-9-13(11)19/h1-10,17,19H/b14-10-,17-16?. The van der Waals surface area contributed by atoms with Gasteiger partial charge in [-0.25, -0.2) is 0 Å². The Hall–Kier alpha value is -2.53. The summed E-state index contributed by atoms with van der Waals surface area (Å²) in [7, 11) is 0. The molecule has 104 valence electrons. The number of hydrogen-bond donors (Lipinski definition) is 2. The van der Waals surface area contributed by atoms with Gasteiger partial charge in [-0.2, -0.15) is 0 Å². The first-order chi connectivity index (χ1) is 10.2. The number of anilines is 1. The molecule has 1 aliphatic rings. The summed E-state index contributed by atoms with van der Waals surface area (Å²) < 4.78 is 0. The molecule has 1 fully saturated rings. The van der Waals surface area contributed by atoms with Gasteiger partial charge in [0.05, 0.1) is 10.6 Å². The van der Waals surface area contributed by atoms with Gasteiger partial charge in [0.2, 0.25) is 0 Å². The Kier molecular flexibility index (Phi) is 3.50. The second-order valence-electron chi connectivity index (χ2n) is 4.45. The van der Waals surface area contributed by atoms with Crippen LogP contribution in [-0.4, -0.2) is 16.2 Å². The highest BCUT2D eigenvalue weighted by molar-refractivity contribution is 8.19. The molecule has 0 aromatic heterocycles. The summed E-state index contributed by atoms with van der Waals surface area (Å²) in [6.07, 6.45) is 1.61. The minimum atomic E-state index is -0.251. The van der Waals surface area contributed by atoms with Crippen molar-refractivity contribution in [3.05, 3.63) is 65.1 Å². The third kappa shape index (κ3) is 2.55. The van der Waals surface area contributed by atoms with Gasteiger partial charge in [0.25, 0.3) is 5.91 Å². The Morgan fingerprint density at radius 3 is 2.43 bits per heavy atom. The van der Waals surface area contributed by atoms with Gasteiger partial charge in [-0.1, -0.05) is 36.4 Å². The van der Waals surface area contributed by atoms with E-state index in [-0.39, 0.29) is 16.8 Å². The fourth-order valence-electron chi connectivity index (χ4n) is 2.05. The van der Waals surface area contributed by atoms with E-state index in [1.165, 1.54) is 4.90 Å². The van der Waals surface area contributed by atoms with Crippen molar-refractivity contribution < 1.29 is 9.90 Å². The van der Waals surface area contributed by atoms with Crippen molar-refractivity contribution in [2.24, 2.45) is 0 Å². The highest BCUT2D eigenvalue weighted by atomic mass is 32.2. The first-order valence-corrected chi connectivity index (χ1v) is 7.14. The van der Waals surface area contributed by atoms with Crippen molar-refractivity contribution in [3.8, 4) is 5.75 Å². The molecule has 2 N–H and O–H groups in total. The van der Waals surface area contributed by atoms with Crippen LogP contribution < -0.4 is 4.90 Å². The van der Waals surface area contributed by atoms with Gasteiger partial charge in [0.15, 0.2) is 5.17 Å². The van der Waals surface area contributed by atoms with Gasteiger partial charge in [0, 0.05) is 5.56 Å². The summed E-state index contributed by atoms with van der Waals surface area (Å²) in [4.78, 5) is 14.2. The van der Waals surface area contributed by atoms with Gasteiger partial charge in [-0.15, -0.1) is 0 Å². The second-order valence-corrected chi connectivity index (χ2v) is 5.48. The quantitative estimate of drug-likeness (QED) is 0.834. The zero-order valence-electron chi connectivity index (χ0n) is 11.0. The first kappa shape index (κ1) is 13.5. The third-order valence-corrected chi connectivity index (χ3v) is 3.95. The normalized spacial score (nSPS) is 16.8. The molecule has 1 heterocycles. The molecule has 4 nitrogen and oxygen atoms in total. The minimum absolute atomic E-state index is 0.114. The number of thioether (sulfide) groups is 1. The van der Waals surface area contributed by atoms with Crippen LogP contribution in [0.25, 0.3) is 6.08 Å². The van der Waals surface area contributed by atoms with Gasteiger partial charge in [-0.3, -0.25) is 15.1 Å². The van der Waals surface area contributed by atoms with Crippen molar-refractivity contribution in [1.82, 2.24) is 0 Å². The molecule has 2 aromatic carbocycles. The topological polar surface area (TPSA) is 64.4 Å². The summed E-state index contributed by atoms with van der Waals surface area (Å²) >= 11 is 1.09. The lowest BCUT2D eigenvalue weighted by Gasteiger charge is -2.13. The van der Waals surface area contributed by atoms with Crippen LogP contribution in [0, 0.1) is 5.41 Å².